The van der Waals surface area contributed by atoms with E-state index >= 15 is 0 Å². The SMILES string of the molecule is O=C(CN1CCNCC1)NC1CCSc2ccccc21. The van der Waals surface area contributed by atoms with Crippen molar-refractivity contribution in [3.05, 3.63) is 29.8 Å². The number of fused-ring (bicyclic) bond motifs is 1. The highest BCUT2D eigenvalue weighted by molar-refractivity contribution is 7.99. The second-order valence-electron chi connectivity index (χ2n) is 5.32. The largest absolute Gasteiger partial charge is 0.348 e. The summed E-state index contributed by atoms with van der Waals surface area (Å²) >= 11 is 1.89. The summed E-state index contributed by atoms with van der Waals surface area (Å²) in [5.41, 5.74) is 1.28. The number of carbonyl (C=O) groups excluding carboxylic acids is 1. The van der Waals surface area contributed by atoms with Gasteiger partial charge in [-0.15, -0.1) is 11.8 Å². The zero-order valence-electron chi connectivity index (χ0n) is 11.6. The number of hydrogen-bond donors (Lipinski definition) is 2. The minimum atomic E-state index is 0.151. The van der Waals surface area contributed by atoms with Crippen molar-refractivity contribution in [3.8, 4) is 0 Å². The van der Waals surface area contributed by atoms with Crippen LogP contribution in [0.5, 0.6) is 0 Å². The predicted octanol–water partition coefficient (Wildman–Crippen LogP) is 1.24. The van der Waals surface area contributed by atoms with Crippen LogP contribution in [0.3, 0.4) is 0 Å². The number of piperazine rings is 1. The van der Waals surface area contributed by atoms with Gasteiger partial charge in [-0.2, -0.15) is 0 Å². The first-order valence-corrected chi connectivity index (χ1v) is 8.25. The molecule has 1 saturated heterocycles. The molecule has 0 saturated carbocycles. The first-order valence-electron chi connectivity index (χ1n) is 7.27. The van der Waals surface area contributed by atoms with Crippen LogP contribution in [0.4, 0.5) is 0 Å². The van der Waals surface area contributed by atoms with Gasteiger partial charge in [0.2, 0.25) is 5.91 Å². The van der Waals surface area contributed by atoms with Crippen LogP contribution in [0.1, 0.15) is 18.0 Å². The molecule has 20 heavy (non-hydrogen) atoms. The van der Waals surface area contributed by atoms with Crippen molar-refractivity contribution in [3.63, 3.8) is 0 Å². The van der Waals surface area contributed by atoms with Crippen LogP contribution in [0, 0.1) is 0 Å². The van der Waals surface area contributed by atoms with Gasteiger partial charge < -0.3 is 10.6 Å². The van der Waals surface area contributed by atoms with E-state index in [0.717, 1.165) is 38.4 Å². The Hall–Kier alpha value is -1.04. The molecule has 1 aromatic rings. The molecule has 1 fully saturated rings. The van der Waals surface area contributed by atoms with Crippen molar-refractivity contribution in [2.75, 3.05) is 38.5 Å². The van der Waals surface area contributed by atoms with E-state index in [2.05, 4.69) is 39.8 Å². The molecular weight excluding hydrogens is 270 g/mol. The molecule has 0 aromatic heterocycles. The molecule has 1 aromatic carbocycles. The average molecular weight is 291 g/mol. The molecular formula is C15H21N3OS. The number of carbonyl (C=O) groups is 1. The zero-order valence-corrected chi connectivity index (χ0v) is 12.4. The Bertz CT molecular complexity index is 474. The van der Waals surface area contributed by atoms with Gasteiger partial charge in [0, 0.05) is 36.8 Å². The topological polar surface area (TPSA) is 44.4 Å². The van der Waals surface area contributed by atoms with Crippen LogP contribution in [-0.4, -0.2) is 49.3 Å². The molecule has 5 heteroatoms. The van der Waals surface area contributed by atoms with Gasteiger partial charge >= 0.3 is 0 Å². The van der Waals surface area contributed by atoms with Gasteiger partial charge in [0.1, 0.15) is 0 Å². The highest BCUT2D eigenvalue weighted by atomic mass is 32.2. The number of nitrogens with one attached hydrogen (secondary N) is 2. The second kappa shape index (κ2) is 6.61. The Morgan fingerprint density at radius 2 is 2.15 bits per heavy atom. The summed E-state index contributed by atoms with van der Waals surface area (Å²) in [6.45, 7) is 4.41. The van der Waals surface area contributed by atoms with E-state index in [1.165, 1.54) is 10.5 Å². The van der Waals surface area contributed by atoms with Crippen LogP contribution < -0.4 is 10.6 Å². The van der Waals surface area contributed by atoms with Gasteiger partial charge in [-0.25, -0.2) is 0 Å². The maximum absolute atomic E-state index is 12.2. The first kappa shape index (κ1) is 13.9. The molecule has 3 rings (SSSR count). The van der Waals surface area contributed by atoms with Crippen LogP contribution >= 0.6 is 11.8 Å². The zero-order chi connectivity index (χ0) is 13.8. The van der Waals surface area contributed by atoms with E-state index in [-0.39, 0.29) is 11.9 Å². The summed E-state index contributed by atoms with van der Waals surface area (Å²) in [6.07, 6.45) is 1.02. The van der Waals surface area contributed by atoms with Crippen LogP contribution in [0.25, 0.3) is 0 Å². The Kier molecular flexibility index (Phi) is 4.60. The minimum absolute atomic E-state index is 0.151. The van der Waals surface area contributed by atoms with Crippen LogP contribution in [0.2, 0.25) is 0 Å². The molecule has 2 aliphatic rings. The third kappa shape index (κ3) is 3.34. The van der Waals surface area contributed by atoms with E-state index in [1.54, 1.807) is 0 Å². The number of benzene rings is 1. The van der Waals surface area contributed by atoms with E-state index in [4.69, 9.17) is 0 Å². The van der Waals surface area contributed by atoms with Gasteiger partial charge in [0.05, 0.1) is 12.6 Å². The van der Waals surface area contributed by atoms with E-state index in [0.29, 0.717) is 6.54 Å². The Balaban J connectivity index is 1.59. The molecule has 2 N–H and O–H groups in total. The standard InChI is InChI=1S/C15H21N3OS/c19-15(11-18-8-6-16-7-9-18)17-13-5-10-20-14-4-2-1-3-12(13)14/h1-4,13,16H,5-11H2,(H,17,19). The fraction of sp³-hybridized carbons (Fsp3) is 0.533. The summed E-state index contributed by atoms with van der Waals surface area (Å²) in [4.78, 5) is 15.7. The number of thioether (sulfide) groups is 1. The Morgan fingerprint density at radius 1 is 1.35 bits per heavy atom. The summed E-state index contributed by atoms with van der Waals surface area (Å²) in [5.74, 6) is 1.23. The highest BCUT2D eigenvalue weighted by Gasteiger charge is 2.22. The number of hydrogen-bond acceptors (Lipinski definition) is 4. The Morgan fingerprint density at radius 3 is 3.00 bits per heavy atom. The van der Waals surface area contributed by atoms with Crippen molar-refractivity contribution in [1.82, 2.24) is 15.5 Å². The van der Waals surface area contributed by atoms with Gasteiger partial charge in [-0.1, -0.05) is 18.2 Å². The number of nitrogens with zero attached hydrogens (tertiary/aromatic N) is 1. The molecule has 1 unspecified atom stereocenters. The molecule has 2 heterocycles. The molecule has 0 radical (unpaired) electrons. The van der Waals surface area contributed by atoms with Crippen molar-refractivity contribution >= 4 is 17.7 Å². The van der Waals surface area contributed by atoms with E-state index in [9.17, 15) is 4.79 Å². The molecule has 0 bridgehead atoms. The second-order valence-corrected chi connectivity index (χ2v) is 6.46. The quantitative estimate of drug-likeness (QED) is 0.879. The molecule has 4 nitrogen and oxygen atoms in total. The smallest absolute Gasteiger partial charge is 0.234 e. The van der Waals surface area contributed by atoms with Gasteiger partial charge in [-0.3, -0.25) is 9.69 Å². The number of rotatable bonds is 3. The predicted molar refractivity (Wildman–Crippen MR) is 82.0 cm³/mol. The molecule has 1 amide bonds. The summed E-state index contributed by atoms with van der Waals surface area (Å²) in [6, 6.07) is 8.59. The molecule has 0 aliphatic carbocycles. The third-order valence-electron chi connectivity index (χ3n) is 3.87. The average Bonchev–Trinajstić information content (AvgIpc) is 2.48. The van der Waals surface area contributed by atoms with Gasteiger partial charge in [-0.05, 0) is 18.1 Å². The monoisotopic (exact) mass is 291 g/mol. The minimum Gasteiger partial charge on any atom is -0.348 e. The lowest BCUT2D eigenvalue weighted by atomic mass is 10.0. The molecule has 2 aliphatic heterocycles. The van der Waals surface area contributed by atoms with Crippen LogP contribution in [0.15, 0.2) is 29.2 Å². The summed E-state index contributed by atoms with van der Waals surface area (Å²) < 4.78 is 0. The Labute approximate surface area is 124 Å². The maximum Gasteiger partial charge on any atom is 0.234 e. The molecule has 0 spiro atoms. The van der Waals surface area contributed by atoms with Gasteiger partial charge in [0.15, 0.2) is 0 Å². The lowest BCUT2D eigenvalue weighted by molar-refractivity contribution is -0.123. The molecule has 1 atom stereocenters. The van der Waals surface area contributed by atoms with E-state index < -0.39 is 0 Å². The lowest BCUT2D eigenvalue weighted by Gasteiger charge is -2.29. The van der Waals surface area contributed by atoms with Crippen molar-refractivity contribution in [2.24, 2.45) is 0 Å². The summed E-state index contributed by atoms with van der Waals surface area (Å²) in [7, 11) is 0. The molecule has 108 valence electrons. The highest BCUT2D eigenvalue weighted by Crippen LogP contribution is 2.35. The first-order chi connectivity index (χ1) is 9.83. The van der Waals surface area contributed by atoms with E-state index in [1.807, 2.05) is 11.8 Å². The third-order valence-corrected chi connectivity index (χ3v) is 4.99. The van der Waals surface area contributed by atoms with Gasteiger partial charge in [0.25, 0.3) is 0 Å². The van der Waals surface area contributed by atoms with Crippen molar-refractivity contribution < 1.29 is 4.79 Å². The lowest BCUT2D eigenvalue weighted by Crippen LogP contribution is -2.48. The van der Waals surface area contributed by atoms with Crippen molar-refractivity contribution in [2.45, 2.75) is 17.4 Å². The normalized spacial score (nSPS) is 23.1. The summed E-state index contributed by atoms with van der Waals surface area (Å²) in [5, 5.41) is 6.51. The fourth-order valence-corrected chi connectivity index (χ4v) is 3.93. The van der Waals surface area contributed by atoms with Crippen LogP contribution in [-0.2, 0) is 4.79 Å². The van der Waals surface area contributed by atoms with Crippen molar-refractivity contribution in [1.29, 1.82) is 0 Å². The maximum atomic E-state index is 12.2. The fourth-order valence-electron chi connectivity index (χ4n) is 2.80. The number of amides is 1.